The summed E-state index contributed by atoms with van der Waals surface area (Å²) in [6, 6.07) is 14.8. The van der Waals surface area contributed by atoms with Gasteiger partial charge in [-0.1, -0.05) is 41.9 Å². The molecule has 0 radical (unpaired) electrons. The number of nitrogens with zero attached hydrogens (tertiary/aromatic N) is 2. The smallest absolute Gasteiger partial charge is 0.323 e. The van der Waals surface area contributed by atoms with Crippen molar-refractivity contribution in [3.05, 3.63) is 81.2 Å². The van der Waals surface area contributed by atoms with Gasteiger partial charge in [0.05, 0.1) is 11.9 Å². The first kappa shape index (κ1) is 18.1. The molecular weight excluding hydrogens is 378 g/mol. The average molecular weight is 396 g/mol. The Kier molecular flexibility index (Phi) is 4.99. The van der Waals surface area contributed by atoms with Gasteiger partial charge in [-0.2, -0.15) is 5.10 Å². The minimum absolute atomic E-state index is 0.134. The van der Waals surface area contributed by atoms with E-state index in [-0.39, 0.29) is 11.1 Å². The Bertz CT molecular complexity index is 1070. The van der Waals surface area contributed by atoms with E-state index in [1.165, 1.54) is 0 Å². The molecular formula is C20H18ClN5O2. The maximum atomic E-state index is 12.3. The van der Waals surface area contributed by atoms with Gasteiger partial charge in [0.15, 0.2) is 0 Å². The molecule has 2 amide bonds. The van der Waals surface area contributed by atoms with Crippen molar-refractivity contribution < 1.29 is 4.79 Å². The normalized spacial score (nSPS) is 13.0. The van der Waals surface area contributed by atoms with Crippen molar-refractivity contribution in [3.8, 4) is 0 Å². The minimum atomic E-state index is -0.405. The zero-order valence-electron chi connectivity index (χ0n) is 14.9. The van der Waals surface area contributed by atoms with Gasteiger partial charge < -0.3 is 15.5 Å². The SMILES string of the molecule is O=C(Nc1ccccc1)Nc1cccc2c1CCN(c1cn[nH]c(=O)c1Cl)C2. The van der Waals surface area contributed by atoms with Gasteiger partial charge in [0, 0.05) is 24.5 Å². The lowest BCUT2D eigenvalue weighted by Crippen LogP contribution is -2.32. The summed E-state index contributed by atoms with van der Waals surface area (Å²) in [6.07, 6.45) is 2.27. The molecule has 0 fully saturated rings. The van der Waals surface area contributed by atoms with E-state index in [1.54, 1.807) is 6.20 Å². The summed E-state index contributed by atoms with van der Waals surface area (Å²) < 4.78 is 0. The molecule has 2 aromatic carbocycles. The molecule has 2 heterocycles. The Hall–Kier alpha value is -3.32. The standard InChI is InChI=1S/C20H18ClN5O2/c21-18-17(11-22-25-19(18)27)26-10-9-15-13(12-26)5-4-8-16(15)24-20(28)23-14-6-2-1-3-7-14/h1-8,11H,9-10,12H2,(H,25,27)(H2,23,24,28). The maximum Gasteiger partial charge on any atom is 0.323 e. The van der Waals surface area contributed by atoms with Gasteiger partial charge in [-0.05, 0) is 35.7 Å². The first-order valence-electron chi connectivity index (χ1n) is 8.84. The largest absolute Gasteiger partial charge is 0.364 e. The molecule has 3 N–H and O–H groups in total. The van der Waals surface area contributed by atoms with Gasteiger partial charge in [-0.3, -0.25) is 4.79 Å². The number of rotatable bonds is 3. The van der Waals surface area contributed by atoms with E-state index >= 15 is 0 Å². The molecule has 0 unspecified atom stereocenters. The monoisotopic (exact) mass is 395 g/mol. The highest BCUT2D eigenvalue weighted by Crippen LogP contribution is 2.31. The van der Waals surface area contributed by atoms with Crippen LogP contribution in [-0.4, -0.2) is 22.8 Å². The van der Waals surface area contributed by atoms with Crippen molar-refractivity contribution >= 4 is 34.7 Å². The first-order chi connectivity index (χ1) is 13.6. The van der Waals surface area contributed by atoms with Crippen LogP contribution in [0.15, 0.2) is 59.5 Å². The van der Waals surface area contributed by atoms with Crippen molar-refractivity contribution in [3.63, 3.8) is 0 Å². The number of aromatic amines is 1. The van der Waals surface area contributed by atoms with Crippen molar-refractivity contribution in [2.75, 3.05) is 22.1 Å². The zero-order valence-corrected chi connectivity index (χ0v) is 15.7. The Morgan fingerprint density at radius 1 is 1.11 bits per heavy atom. The number of hydrogen-bond donors (Lipinski definition) is 3. The fourth-order valence-corrected chi connectivity index (χ4v) is 3.54. The first-order valence-corrected chi connectivity index (χ1v) is 9.21. The number of nitrogens with one attached hydrogen (secondary N) is 3. The topological polar surface area (TPSA) is 90.1 Å². The van der Waals surface area contributed by atoms with Crippen molar-refractivity contribution in [1.29, 1.82) is 0 Å². The van der Waals surface area contributed by atoms with Gasteiger partial charge in [0.1, 0.15) is 5.02 Å². The third-order valence-electron chi connectivity index (χ3n) is 4.66. The third-order valence-corrected chi connectivity index (χ3v) is 5.03. The third kappa shape index (κ3) is 3.70. The quantitative estimate of drug-likeness (QED) is 0.631. The van der Waals surface area contributed by atoms with Crippen LogP contribution in [-0.2, 0) is 13.0 Å². The fourth-order valence-electron chi connectivity index (χ4n) is 3.33. The number of aromatic nitrogens is 2. The van der Waals surface area contributed by atoms with Gasteiger partial charge in [-0.25, -0.2) is 9.89 Å². The van der Waals surface area contributed by atoms with Gasteiger partial charge in [-0.15, -0.1) is 0 Å². The van der Waals surface area contributed by atoms with Crippen LogP contribution in [0.4, 0.5) is 21.9 Å². The van der Waals surface area contributed by atoms with Gasteiger partial charge >= 0.3 is 6.03 Å². The molecule has 0 saturated carbocycles. The summed E-state index contributed by atoms with van der Waals surface area (Å²) in [7, 11) is 0. The van der Waals surface area contributed by atoms with Crippen LogP contribution < -0.4 is 21.1 Å². The number of urea groups is 1. The summed E-state index contributed by atoms with van der Waals surface area (Å²) in [5.41, 5.74) is 3.86. The summed E-state index contributed by atoms with van der Waals surface area (Å²) in [4.78, 5) is 26.1. The van der Waals surface area contributed by atoms with E-state index in [0.29, 0.717) is 25.2 Å². The molecule has 1 aliphatic heterocycles. The molecule has 0 atom stereocenters. The van der Waals surface area contributed by atoms with E-state index in [0.717, 1.165) is 22.5 Å². The lowest BCUT2D eigenvalue weighted by atomic mass is 9.97. The molecule has 4 rings (SSSR count). The summed E-state index contributed by atoms with van der Waals surface area (Å²) >= 11 is 6.14. The summed E-state index contributed by atoms with van der Waals surface area (Å²) in [5, 5.41) is 12.1. The van der Waals surface area contributed by atoms with Crippen LogP contribution in [0.3, 0.4) is 0 Å². The highest BCUT2D eigenvalue weighted by molar-refractivity contribution is 6.33. The number of carbonyl (C=O) groups excluding carboxylic acids is 1. The lowest BCUT2D eigenvalue weighted by Gasteiger charge is -2.31. The number of H-pyrrole nitrogens is 1. The van der Waals surface area contributed by atoms with Crippen molar-refractivity contribution in [2.45, 2.75) is 13.0 Å². The number of amides is 2. The molecule has 7 nitrogen and oxygen atoms in total. The predicted octanol–water partition coefficient (Wildman–Crippen LogP) is 3.63. The Morgan fingerprint density at radius 3 is 2.75 bits per heavy atom. The Morgan fingerprint density at radius 2 is 1.93 bits per heavy atom. The zero-order chi connectivity index (χ0) is 19.5. The highest BCUT2D eigenvalue weighted by atomic mass is 35.5. The maximum absolute atomic E-state index is 12.3. The molecule has 0 bridgehead atoms. The molecule has 8 heteroatoms. The van der Waals surface area contributed by atoms with E-state index in [9.17, 15) is 9.59 Å². The minimum Gasteiger partial charge on any atom is -0.364 e. The fraction of sp³-hybridized carbons (Fsp3) is 0.150. The molecule has 3 aromatic rings. The van der Waals surface area contributed by atoms with Crippen LogP contribution in [0.25, 0.3) is 0 Å². The molecule has 0 spiro atoms. The van der Waals surface area contributed by atoms with Crippen LogP contribution >= 0.6 is 11.6 Å². The number of halogens is 1. The molecule has 142 valence electrons. The van der Waals surface area contributed by atoms with Gasteiger partial charge in [0.25, 0.3) is 5.56 Å². The number of hydrogen-bond acceptors (Lipinski definition) is 4. The number of fused-ring (bicyclic) bond motifs is 1. The van der Waals surface area contributed by atoms with Crippen molar-refractivity contribution in [1.82, 2.24) is 10.2 Å². The second-order valence-electron chi connectivity index (χ2n) is 6.46. The predicted molar refractivity (Wildman–Crippen MR) is 110 cm³/mol. The molecule has 1 aliphatic rings. The van der Waals surface area contributed by atoms with E-state index in [2.05, 4.69) is 20.8 Å². The Labute approximate surface area is 166 Å². The van der Waals surface area contributed by atoms with Crippen LogP contribution in [0.1, 0.15) is 11.1 Å². The van der Waals surface area contributed by atoms with Crippen LogP contribution in [0, 0.1) is 0 Å². The number of anilines is 3. The van der Waals surface area contributed by atoms with E-state index in [1.807, 2.05) is 53.4 Å². The summed E-state index contributed by atoms with van der Waals surface area (Å²) in [5.74, 6) is 0. The lowest BCUT2D eigenvalue weighted by molar-refractivity contribution is 0.262. The molecule has 1 aromatic heterocycles. The van der Waals surface area contributed by atoms with E-state index < -0.39 is 5.56 Å². The molecule has 28 heavy (non-hydrogen) atoms. The average Bonchev–Trinajstić information content (AvgIpc) is 2.70. The number of para-hydroxylation sites is 1. The van der Waals surface area contributed by atoms with Crippen molar-refractivity contribution in [2.24, 2.45) is 0 Å². The molecule has 0 saturated heterocycles. The van der Waals surface area contributed by atoms with Gasteiger partial charge in [0.2, 0.25) is 0 Å². The van der Waals surface area contributed by atoms with E-state index in [4.69, 9.17) is 11.6 Å². The second kappa shape index (κ2) is 7.74. The Balaban J connectivity index is 1.52. The highest BCUT2D eigenvalue weighted by Gasteiger charge is 2.22. The van der Waals surface area contributed by atoms with Crippen LogP contribution in [0.5, 0.6) is 0 Å². The summed E-state index contributed by atoms with van der Waals surface area (Å²) in [6.45, 7) is 1.24. The second-order valence-corrected chi connectivity index (χ2v) is 6.84. The number of benzene rings is 2. The number of carbonyl (C=O) groups is 1. The molecule has 0 aliphatic carbocycles. The van der Waals surface area contributed by atoms with Crippen LogP contribution in [0.2, 0.25) is 5.02 Å².